The standard InChI is InChI=1S/C23H18ClNO6/c1-30-20-4-2-3-16(12-25-17-9-10-18(23(28)29)19(24)11-17)21(20)31-13-14-5-7-15(8-6-14)22(26)27/h2-12H,13H2,1H3,(H,26,27)(H,28,29). The first-order chi connectivity index (χ1) is 14.9. The zero-order chi connectivity index (χ0) is 22.4. The van der Waals surface area contributed by atoms with Crippen LogP contribution < -0.4 is 9.47 Å². The van der Waals surface area contributed by atoms with Crippen molar-refractivity contribution in [1.29, 1.82) is 0 Å². The molecule has 3 rings (SSSR count). The number of para-hydroxylation sites is 1. The summed E-state index contributed by atoms with van der Waals surface area (Å²) in [5.74, 6) is -1.14. The second kappa shape index (κ2) is 9.77. The van der Waals surface area contributed by atoms with Crippen LogP contribution in [-0.2, 0) is 6.61 Å². The first kappa shape index (κ1) is 21.9. The predicted octanol–water partition coefficient (Wildman–Crippen LogP) is 5.07. The molecule has 0 heterocycles. The minimum Gasteiger partial charge on any atom is -0.493 e. The fraction of sp³-hybridized carbons (Fsp3) is 0.0870. The Morgan fingerprint density at radius 2 is 1.77 bits per heavy atom. The van der Waals surface area contributed by atoms with E-state index in [9.17, 15) is 9.59 Å². The largest absolute Gasteiger partial charge is 0.493 e. The number of aliphatic imine (C=N–C) groups is 1. The van der Waals surface area contributed by atoms with Crippen LogP contribution in [0.2, 0.25) is 5.02 Å². The van der Waals surface area contributed by atoms with Crippen LogP contribution in [0.4, 0.5) is 5.69 Å². The lowest BCUT2D eigenvalue weighted by molar-refractivity contribution is 0.0686. The highest BCUT2D eigenvalue weighted by atomic mass is 35.5. The SMILES string of the molecule is COc1cccc(C=Nc2ccc(C(=O)O)c(Cl)c2)c1OCc1ccc(C(=O)O)cc1. The second-order valence-electron chi connectivity index (χ2n) is 6.40. The fourth-order valence-electron chi connectivity index (χ4n) is 2.75. The van der Waals surface area contributed by atoms with E-state index in [1.54, 1.807) is 42.6 Å². The summed E-state index contributed by atoms with van der Waals surface area (Å²) < 4.78 is 11.3. The molecule has 7 nitrogen and oxygen atoms in total. The third-order valence-electron chi connectivity index (χ3n) is 4.35. The van der Waals surface area contributed by atoms with Crippen molar-refractivity contribution >= 4 is 35.4 Å². The smallest absolute Gasteiger partial charge is 0.337 e. The van der Waals surface area contributed by atoms with Crippen LogP contribution in [-0.4, -0.2) is 35.5 Å². The number of hydrogen-bond donors (Lipinski definition) is 2. The Bertz CT molecular complexity index is 1140. The Hall–Kier alpha value is -3.84. The molecule has 0 fully saturated rings. The first-order valence-corrected chi connectivity index (χ1v) is 9.46. The Morgan fingerprint density at radius 1 is 1.03 bits per heavy atom. The van der Waals surface area contributed by atoms with Crippen molar-refractivity contribution in [2.24, 2.45) is 4.99 Å². The van der Waals surface area contributed by atoms with Crippen molar-refractivity contribution < 1.29 is 29.3 Å². The molecule has 31 heavy (non-hydrogen) atoms. The quantitative estimate of drug-likeness (QED) is 0.474. The molecule has 0 bridgehead atoms. The van der Waals surface area contributed by atoms with E-state index in [0.29, 0.717) is 22.7 Å². The summed E-state index contributed by atoms with van der Waals surface area (Å²) in [5, 5.41) is 18.2. The summed E-state index contributed by atoms with van der Waals surface area (Å²) >= 11 is 6.00. The van der Waals surface area contributed by atoms with Crippen LogP contribution in [0.15, 0.2) is 65.7 Å². The number of carbonyl (C=O) groups is 2. The van der Waals surface area contributed by atoms with E-state index < -0.39 is 11.9 Å². The van der Waals surface area contributed by atoms with Crippen LogP contribution >= 0.6 is 11.6 Å². The molecule has 0 saturated heterocycles. The number of carboxylic acids is 2. The highest BCUT2D eigenvalue weighted by Gasteiger charge is 2.11. The van der Waals surface area contributed by atoms with Gasteiger partial charge in [-0.25, -0.2) is 9.59 Å². The average Bonchev–Trinajstić information content (AvgIpc) is 2.76. The third-order valence-corrected chi connectivity index (χ3v) is 4.66. The third kappa shape index (κ3) is 5.40. The molecule has 0 unspecified atom stereocenters. The van der Waals surface area contributed by atoms with Gasteiger partial charge in [0.1, 0.15) is 6.61 Å². The Balaban J connectivity index is 1.83. The number of carboxylic acid groups (broad SMARTS) is 2. The second-order valence-corrected chi connectivity index (χ2v) is 6.80. The Morgan fingerprint density at radius 3 is 2.39 bits per heavy atom. The van der Waals surface area contributed by atoms with Crippen molar-refractivity contribution in [3.63, 3.8) is 0 Å². The molecule has 3 aromatic rings. The maximum Gasteiger partial charge on any atom is 0.337 e. The molecule has 8 heteroatoms. The molecule has 0 saturated carbocycles. The number of aromatic carboxylic acids is 2. The van der Waals surface area contributed by atoms with Gasteiger partial charge in [-0.3, -0.25) is 4.99 Å². The topological polar surface area (TPSA) is 105 Å². The normalized spacial score (nSPS) is 10.8. The molecule has 0 aliphatic rings. The zero-order valence-electron chi connectivity index (χ0n) is 16.4. The number of ether oxygens (including phenoxy) is 2. The van der Waals surface area contributed by atoms with E-state index >= 15 is 0 Å². The van der Waals surface area contributed by atoms with E-state index in [2.05, 4.69) is 4.99 Å². The van der Waals surface area contributed by atoms with Crippen LogP contribution in [0.25, 0.3) is 0 Å². The van der Waals surface area contributed by atoms with Gasteiger partial charge in [-0.15, -0.1) is 0 Å². The van der Waals surface area contributed by atoms with Crippen LogP contribution in [0, 0.1) is 0 Å². The van der Waals surface area contributed by atoms with Crippen molar-refractivity contribution in [3.8, 4) is 11.5 Å². The highest BCUT2D eigenvalue weighted by Crippen LogP contribution is 2.31. The van der Waals surface area contributed by atoms with Crippen molar-refractivity contribution in [2.45, 2.75) is 6.61 Å². The van der Waals surface area contributed by atoms with Gasteiger partial charge in [-0.05, 0) is 48.0 Å². The molecular formula is C23H18ClNO6. The van der Waals surface area contributed by atoms with Gasteiger partial charge < -0.3 is 19.7 Å². The number of hydrogen-bond acceptors (Lipinski definition) is 5. The van der Waals surface area contributed by atoms with Crippen LogP contribution in [0.5, 0.6) is 11.5 Å². The molecule has 0 aliphatic heterocycles. The van der Waals surface area contributed by atoms with Gasteiger partial charge in [-0.2, -0.15) is 0 Å². The number of benzene rings is 3. The van der Waals surface area contributed by atoms with Gasteiger partial charge in [0.05, 0.1) is 28.9 Å². The lowest BCUT2D eigenvalue weighted by atomic mass is 10.1. The summed E-state index contributed by atoms with van der Waals surface area (Å²) in [4.78, 5) is 26.4. The number of halogens is 1. The zero-order valence-corrected chi connectivity index (χ0v) is 17.2. The number of nitrogens with zero attached hydrogens (tertiary/aromatic N) is 1. The molecule has 0 amide bonds. The monoisotopic (exact) mass is 439 g/mol. The summed E-state index contributed by atoms with van der Waals surface area (Å²) in [6.45, 7) is 0.195. The van der Waals surface area contributed by atoms with E-state index in [4.69, 9.17) is 31.3 Å². The molecular weight excluding hydrogens is 422 g/mol. The maximum absolute atomic E-state index is 11.1. The molecule has 0 atom stereocenters. The highest BCUT2D eigenvalue weighted by molar-refractivity contribution is 6.33. The number of rotatable bonds is 8. The molecule has 2 N–H and O–H groups in total. The van der Waals surface area contributed by atoms with E-state index in [0.717, 1.165) is 5.56 Å². The molecule has 0 aliphatic carbocycles. The summed E-state index contributed by atoms with van der Waals surface area (Å²) in [5.41, 5.74) is 2.10. The van der Waals surface area contributed by atoms with Gasteiger partial charge in [0.25, 0.3) is 0 Å². The van der Waals surface area contributed by atoms with Gasteiger partial charge in [0.2, 0.25) is 0 Å². The lowest BCUT2D eigenvalue weighted by Gasteiger charge is -2.13. The fourth-order valence-corrected chi connectivity index (χ4v) is 3.01. The summed E-state index contributed by atoms with van der Waals surface area (Å²) in [6.07, 6.45) is 1.57. The van der Waals surface area contributed by atoms with Crippen molar-refractivity contribution in [1.82, 2.24) is 0 Å². The molecule has 0 spiro atoms. The van der Waals surface area contributed by atoms with Gasteiger partial charge in [0.15, 0.2) is 11.5 Å². The van der Waals surface area contributed by atoms with Gasteiger partial charge in [-0.1, -0.05) is 29.8 Å². The van der Waals surface area contributed by atoms with E-state index in [1.165, 1.54) is 31.4 Å². The molecule has 3 aromatic carbocycles. The van der Waals surface area contributed by atoms with Crippen molar-refractivity contribution in [3.05, 3.63) is 87.9 Å². The number of methoxy groups -OCH3 is 1. The average molecular weight is 440 g/mol. The molecule has 0 radical (unpaired) electrons. The lowest BCUT2D eigenvalue weighted by Crippen LogP contribution is -2.02. The molecule has 158 valence electrons. The summed E-state index contributed by atoms with van der Waals surface area (Å²) in [7, 11) is 1.52. The van der Waals surface area contributed by atoms with Crippen LogP contribution in [0.3, 0.4) is 0 Å². The molecule has 0 aromatic heterocycles. The predicted molar refractivity (Wildman–Crippen MR) is 116 cm³/mol. The minimum atomic E-state index is -1.11. The summed E-state index contributed by atoms with van der Waals surface area (Å²) in [6, 6.07) is 16.1. The van der Waals surface area contributed by atoms with Crippen LogP contribution in [0.1, 0.15) is 31.8 Å². The minimum absolute atomic E-state index is 0.0000593. The Labute approximate surface area is 183 Å². The van der Waals surface area contributed by atoms with Gasteiger partial charge in [0, 0.05) is 11.8 Å². The Kier molecular flexibility index (Phi) is 6.89. The van der Waals surface area contributed by atoms with E-state index in [-0.39, 0.29) is 22.8 Å². The maximum atomic E-state index is 11.1. The van der Waals surface area contributed by atoms with E-state index in [1.807, 2.05) is 0 Å². The first-order valence-electron chi connectivity index (χ1n) is 9.08. The van der Waals surface area contributed by atoms with Gasteiger partial charge >= 0.3 is 11.9 Å². The van der Waals surface area contributed by atoms with Crippen molar-refractivity contribution in [2.75, 3.05) is 7.11 Å².